The van der Waals surface area contributed by atoms with Crippen molar-refractivity contribution in [1.29, 1.82) is 0 Å². The Hall–Kier alpha value is -2.03. The monoisotopic (exact) mass is 489 g/mol. The molecule has 0 atom stereocenters. The van der Waals surface area contributed by atoms with Crippen LogP contribution in [0.25, 0.3) is 0 Å². The fourth-order valence-electron chi connectivity index (χ4n) is 2.47. The zero-order valence-corrected chi connectivity index (χ0v) is 18.7. The van der Waals surface area contributed by atoms with E-state index in [1.165, 1.54) is 0 Å². The first kappa shape index (κ1) is 23.0. The van der Waals surface area contributed by atoms with Crippen molar-refractivity contribution >= 4 is 28.7 Å². The summed E-state index contributed by atoms with van der Waals surface area (Å²) in [7, 11) is 4.89. The van der Waals surface area contributed by atoms with E-state index < -0.39 is 0 Å². The molecular weight excluding hydrogens is 461 g/mol. The normalized spacial score (nSPS) is 9.70. The predicted molar refractivity (Wildman–Crippen MR) is 117 cm³/mol. The molecule has 0 aliphatic carbocycles. The Morgan fingerprint density at radius 3 is 2.11 bits per heavy atom. The quantitative estimate of drug-likeness (QED) is 0.413. The van der Waals surface area contributed by atoms with Crippen molar-refractivity contribution in [2.24, 2.45) is 0 Å². The lowest BCUT2D eigenvalue weighted by Gasteiger charge is -2.15. The number of hydrogen-bond donors (Lipinski definition) is 1. The van der Waals surface area contributed by atoms with E-state index >= 15 is 0 Å². The summed E-state index contributed by atoms with van der Waals surface area (Å²) in [6.45, 7) is 4.71. The Morgan fingerprint density at radius 2 is 1.59 bits per heavy atom. The fourth-order valence-corrected chi connectivity index (χ4v) is 2.85. The second kappa shape index (κ2) is 12.4. The summed E-state index contributed by atoms with van der Waals surface area (Å²) in [4.78, 5) is 0. The van der Waals surface area contributed by atoms with Crippen molar-refractivity contribution in [2.75, 3.05) is 33.7 Å². The maximum atomic E-state index is 5.61. The van der Waals surface area contributed by atoms with E-state index in [1.807, 2.05) is 25.1 Å². The third-order valence-electron chi connectivity index (χ3n) is 3.68. The summed E-state index contributed by atoms with van der Waals surface area (Å²) in [5.41, 5.74) is 7.38. The highest BCUT2D eigenvalue weighted by Crippen LogP contribution is 2.40. The first-order valence-electron chi connectivity index (χ1n) is 8.64. The van der Waals surface area contributed by atoms with Gasteiger partial charge in [-0.3, -0.25) is 0 Å². The number of benzene rings is 2. The van der Waals surface area contributed by atoms with Gasteiger partial charge in [0.2, 0.25) is 5.75 Å². The van der Waals surface area contributed by atoms with Gasteiger partial charge in [0.1, 0.15) is 5.75 Å². The van der Waals surface area contributed by atoms with Crippen LogP contribution in [-0.2, 0) is 6.42 Å². The average Bonchev–Trinajstić information content (AvgIpc) is 2.69. The summed E-state index contributed by atoms with van der Waals surface area (Å²) in [5, 5.41) is 0. The van der Waals surface area contributed by atoms with Gasteiger partial charge in [0, 0.05) is 6.07 Å². The van der Waals surface area contributed by atoms with Gasteiger partial charge in [0.05, 0.1) is 33.6 Å². The molecule has 0 radical (unpaired) electrons. The third-order valence-corrected chi connectivity index (χ3v) is 4.16. The molecule has 0 bridgehead atoms. The summed E-state index contributed by atoms with van der Waals surface area (Å²) < 4.78 is 26.1. The minimum Gasteiger partial charge on any atom is -0.494 e. The zero-order valence-electron chi connectivity index (χ0n) is 16.5. The fraction of sp³-hybridized carbons (Fsp3) is 0.400. The second-order valence-electron chi connectivity index (χ2n) is 5.45. The smallest absolute Gasteiger partial charge is 0.203 e. The Morgan fingerprint density at radius 1 is 0.889 bits per heavy atom. The predicted octanol–water partition coefficient (Wildman–Crippen LogP) is 5.06. The van der Waals surface area contributed by atoms with Gasteiger partial charge in [-0.1, -0.05) is 19.4 Å². The molecule has 2 aromatic carbocycles. The molecule has 0 spiro atoms. The second-order valence-corrected chi connectivity index (χ2v) is 5.89. The molecule has 2 N–H and O–H groups in total. The van der Waals surface area contributed by atoms with E-state index in [0.717, 1.165) is 29.9 Å². The van der Waals surface area contributed by atoms with Crippen LogP contribution in [-0.4, -0.2) is 27.9 Å². The summed E-state index contributed by atoms with van der Waals surface area (Å²) in [6.07, 6.45) is 2.05. The molecule has 7 heteroatoms. The minimum atomic E-state index is 0.618. The van der Waals surface area contributed by atoms with Gasteiger partial charge in [-0.25, -0.2) is 0 Å². The average molecular weight is 489 g/mol. The largest absolute Gasteiger partial charge is 0.494 e. The first-order chi connectivity index (χ1) is 13.1. The molecule has 0 saturated carbocycles. The molecule has 0 unspecified atom stereocenters. The molecule has 0 aliphatic heterocycles. The number of nitrogens with two attached hydrogens (primary N) is 1. The lowest BCUT2D eigenvalue weighted by atomic mass is 10.1. The molecule has 0 fully saturated rings. The summed E-state index contributed by atoms with van der Waals surface area (Å²) in [5.74, 6) is 3.57. The zero-order chi connectivity index (χ0) is 20.2. The lowest BCUT2D eigenvalue weighted by Crippen LogP contribution is -1.98. The number of methoxy groups -OCH3 is 3. The van der Waals surface area contributed by atoms with Crippen LogP contribution in [0.2, 0.25) is 0 Å². The molecule has 0 heterocycles. The van der Waals surface area contributed by atoms with Gasteiger partial charge < -0.3 is 27.7 Å². The molecule has 0 saturated heterocycles. The van der Waals surface area contributed by atoms with E-state index in [-0.39, 0.29) is 0 Å². The molecule has 0 aliphatic rings. The Kier molecular flexibility index (Phi) is 10.5. The van der Waals surface area contributed by atoms with Crippen molar-refractivity contribution in [3.8, 4) is 28.7 Å². The number of aryl methyl sites for hydroxylation is 1. The maximum absolute atomic E-state index is 5.61. The lowest BCUT2D eigenvalue weighted by molar-refractivity contribution is 0.322. The molecule has 27 heavy (non-hydrogen) atoms. The van der Waals surface area contributed by atoms with E-state index in [9.17, 15) is 0 Å². The summed E-state index contributed by atoms with van der Waals surface area (Å²) in [6, 6.07) is 9.28. The Balaban J connectivity index is 0.000000277. The van der Waals surface area contributed by atoms with Crippen LogP contribution in [0.1, 0.15) is 25.8 Å². The van der Waals surface area contributed by atoms with Gasteiger partial charge in [-0.2, -0.15) is 0 Å². The minimum absolute atomic E-state index is 0.618. The van der Waals surface area contributed by atoms with Crippen LogP contribution in [0.3, 0.4) is 0 Å². The van der Waals surface area contributed by atoms with E-state index in [0.29, 0.717) is 29.5 Å². The van der Waals surface area contributed by atoms with Gasteiger partial charge in [-0.05, 0) is 37.1 Å². The van der Waals surface area contributed by atoms with Crippen molar-refractivity contribution in [2.45, 2.75) is 26.7 Å². The SMILES string of the molecule is CCCc1ccc(OC)c(OC)c1OC.CCOc1ccc(N)c(OI)c1. The van der Waals surface area contributed by atoms with Crippen molar-refractivity contribution in [3.63, 3.8) is 0 Å². The van der Waals surface area contributed by atoms with E-state index in [1.54, 1.807) is 56.5 Å². The molecular formula is C20H28INO5. The summed E-state index contributed by atoms with van der Waals surface area (Å²) >= 11 is 1.79. The maximum Gasteiger partial charge on any atom is 0.203 e. The van der Waals surface area contributed by atoms with Crippen molar-refractivity contribution in [3.05, 3.63) is 35.9 Å². The number of nitrogen functional groups attached to an aromatic ring is 1. The van der Waals surface area contributed by atoms with E-state index in [4.69, 9.17) is 27.7 Å². The third kappa shape index (κ3) is 6.57. The van der Waals surface area contributed by atoms with Crippen LogP contribution in [0.4, 0.5) is 5.69 Å². The van der Waals surface area contributed by atoms with Crippen molar-refractivity contribution < 1.29 is 22.0 Å². The number of hydrogen-bond acceptors (Lipinski definition) is 6. The highest BCUT2D eigenvalue weighted by atomic mass is 127. The van der Waals surface area contributed by atoms with Crippen LogP contribution >= 0.6 is 23.0 Å². The van der Waals surface area contributed by atoms with Crippen LogP contribution in [0.5, 0.6) is 28.7 Å². The highest BCUT2D eigenvalue weighted by molar-refractivity contribution is 14.1. The Bertz CT molecular complexity index is 709. The van der Waals surface area contributed by atoms with Gasteiger partial charge >= 0.3 is 0 Å². The number of anilines is 1. The molecule has 0 amide bonds. The molecule has 2 rings (SSSR count). The van der Waals surface area contributed by atoms with Crippen LogP contribution in [0.15, 0.2) is 30.3 Å². The number of rotatable bonds is 8. The molecule has 2 aromatic rings. The number of ether oxygens (including phenoxy) is 4. The van der Waals surface area contributed by atoms with Gasteiger partial charge in [0.25, 0.3) is 0 Å². The molecule has 6 nitrogen and oxygen atoms in total. The van der Waals surface area contributed by atoms with Crippen molar-refractivity contribution in [1.82, 2.24) is 0 Å². The van der Waals surface area contributed by atoms with Gasteiger partial charge in [0.15, 0.2) is 40.3 Å². The Labute approximate surface area is 175 Å². The van der Waals surface area contributed by atoms with Gasteiger partial charge in [-0.15, -0.1) is 0 Å². The topological polar surface area (TPSA) is 72.2 Å². The van der Waals surface area contributed by atoms with Crippen LogP contribution < -0.4 is 27.7 Å². The standard InChI is InChI=1S/C12H18O3.C8H10INO2/c1-5-6-9-7-8-10(13-2)12(15-4)11(9)14-3;1-2-11-6-3-4-7(10)8(5-6)12-9/h7-8H,5-6H2,1-4H3;3-5H,2,10H2,1H3. The highest BCUT2D eigenvalue weighted by Gasteiger charge is 2.14. The molecule has 150 valence electrons. The first-order valence-corrected chi connectivity index (χ1v) is 9.52. The molecule has 0 aromatic heterocycles. The van der Waals surface area contributed by atoms with E-state index in [2.05, 4.69) is 6.92 Å². The van der Waals surface area contributed by atoms with Crippen LogP contribution in [0, 0.1) is 0 Å². The number of halogens is 1.